The van der Waals surface area contributed by atoms with E-state index in [0.29, 0.717) is 5.17 Å². The third-order valence-electron chi connectivity index (χ3n) is 5.75. The number of nitrogens with one attached hydrogen (secondary N) is 3. The zero-order valence-corrected chi connectivity index (χ0v) is 18.1. The molecule has 33 heavy (non-hydrogen) atoms. The van der Waals surface area contributed by atoms with Crippen LogP contribution in [0, 0.1) is 0 Å². The van der Waals surface area contributed by atoms with Crippen molar-refractivity contribution in [3.05, 3.63) is 78.1 Å². The highest BCUT2D eigenvalue weighted by atomic mass is 32.2. The minimum absolute atomic E-state index is 0.0664. The summed E-state index contributed by atoms with van der Waals surface area (Å²) in [5.74, 6) is -0.597. The van der Waals surface area contributed by atoms with Crippen molar-refractivity contribution in [1.82, 2.24) is 20.8 Å². The van der Waals surface area contributed by atoms with Crippen LogP contribution in [0.25, 0.3) is 0 Å². The van der Waals surface area contributed by atoms with Gasteiger partial charge in [-0.25, -0.2) is 5.43 Å². The maximum Gasteiger partial charge on any atom is 0.418 e. The van der Waals surface area contributed by atoms with E-state index in [2.05, 4.69) is 38.4 Å². The molecule has 0 bridgehead atoms. The summed E-state index contributed by atoms with van der Waals surface area (Å²) in [5.41, 5.74) is 6.71. The number of carbonyl (C=O) groups is 1. The predicted molar refractivity (Wildman–Crippen MR) is 120 cm³/mol. The lowest BCUT2D eigenvalue weighted by Gasteiger charge is -2.36. The SMILES string of the molecule is O=C(CSC1=NNC2C3CC(c4ccccc4)NN3C=CN12)Nc1ccccc1C(F)(F)F. The number of anilines is 1. The van der Waals surface area contributed by atoms with Gasteiger partial charge >= 0.3 is 6.18 Å². The number of hydrazone groups is 1. The lowest BCUT2D eigenvalue weighted by atomic mass is 10.00. The van der Waals surface area contributed by atoms with Crippen molar-refractivity contribution in [3.8, 4) is 0 Å². The number of hydrogen-bond acceptors (Lipinski definition) is 7. The van der Waals surface area contributed by atoms with E-state index in [1.54, 1.807) is 0 Å². The van der Waals surface area contributed by atoms with Gasteiger partial charge in [-0.2, -0.15) is 18.3 Å². The Labute approximate surface area is 192 Å². The molecule has 11 heteroatoms. The monoisotopic (exact) mass is 474 g/mol. The molecule has 172 valence electrons. The fourth-order valence-electron chi connectivity index (χ4n) is 4.21. The van der Waals surface area contributed by atoms with Crippen molar-refractivity contribution in [1.29, 1.82) is 0 Å². The minimum Gasteiger partial charge on any atom is -0.325 e. The number of alkyl halides is 3. The van der Waals surface area contributed by atoms with Gasteiger partial charge in [0.15, 0.2) is 5.17 Å². The summed E-state index contributed by atoms with van der Waals surface area (Å²) in [4.78, 5) is 14.3. The molecule has 0 spiro atoms. The van der Waals surface area contributed by atoms with Gasteiger partial charge in [0.25, 0.3) is 0 Å². The van der Waals surface area contributed by atoms with Gasteiger partial charge < -0.3 is 15.2 Å². The zero-order valence-electron chi connectivity index (χ0n) is 17.3. The number of para-hydroxylation sites is 1. The van der Waals surface area contributed by atoms with Gasteiger partial charge in [0.05, 0.1) is 29.1 Å². The Kier molecular flexibility index (Phi) is 5.67. The van der Waals surface area contributed by atoms with Crippen LogP contribution in [-0.2, 0) is 11.0 Å². The Hall–Kier alpha value is -3.18. The highest BCUT2D eigenvalue weighted by Crippen LogP contribution is 2.36. The second-order valence-electron chi connectivity index (χ2n) is 7.86. The van der Waals surface area contributed by atoms with Gasteiger partial charge in [-0.05, 0) is 24.1 Å². The molecule has 2 aromatic carbocycles. The molecule has 3 aliphatic rings. The molecule has 1 fully saturated rings. The van der Waals surface area contributed by atoms with Crippen molar-refractivity contribution in [3.63, 3.8) is 0 Å². The van der Waals surface area contributed by atoms with E-state index >= 15 is 0 Å². The highest BCUT2D eigenvalue weighted by Gasteiger charge is 2.44. The van der Waals surface area contributed by atoms with Crippen LogP contribution in [-0.4, -0.2) is 38.9 Å². The van der Waals surface area contributed by atoms with E-state index in [9.17, 15) is 18.0 Å². The van der Waals surface area contributed by atoms with Crippen LogP contribution in [0.4, 0.5) is 18.9 Å². The highest BCUT2D eigenvalue weighted by molar-refractivity contribution is 8.14. The summed E-state index contributed by atoms with van der Waals surface area (Å²) in [5, 5.41) is 9.39. The number of hydrogen-bond donors (Lipinski definition) is 3. The van der Waals surface area contributed by atoms with E-state index in [1.807, 2.05) is 35.5 Å². The quantitative estimate of drug-likeness (QED) is 0.628. The first kappa shape index (κ1) is 21.7. The Morgan fingerprint density at radius 3 is 2.67 bits per heavy atom. The average Bonchev–Trinajstić information content (AvgIpc) is 3.42. The van der Waals surface area contributed by atoms with E-state index in [1.165, 1.54) is 35.5 Å². The standard InChI is InChI=1S/C22H21F3N6OS/c23-22(24,25)15-8-4-5-9-16(15)26-19(32)13-33-21-28-27-20-18-12-17(14-6-2-1-3-7-14)29-31(18)11-10-30(20)21/h1-11,17-18,20,27,29H,12-13H2,(H,26,32). The molecule has 2 aromatic rings. The molecule has 0 aliphatic carbocycles. The summed E-state index contributed by atoms with van der Waals surface area (Å²) < 4.78 is 39.5. The number of amidine groups is 1. The van der Waals surface area contributed by atoms with Gasteiger partial charge in [0.2, 0.25) is 5.91 Å². The van der Waals surface area contributed by atoms with Crippen molar-refractivity contribution in [2.45, 2.75) is 30.8 Å². The molecule has 0 aromatic heterocycles. The van der Waals surface area contributed by atoms with Crippen LogP contribution in [0.3, 0.4) is 0 Å². The molecule has 3 atom stereocenters. The van der Waals surface area contributed by atoms with Crippen LogP contribution >= 0.6 is 11.8 Å². The summed E-state index contributed by atoms with van der Waals surface area (Å²) >= 11 is 1.17. The van der Waals surface area contributed by atoms with Crippen LogP contribution < -0.4 is 16.2 Å². The molecular formula is C22H21F3N6OS. The number of rotatable bonds is 4. The second kappa shape index (κ2) is 8.64. The number of fused-ring (bicyclic) bond motifs is 3. The number of hydrazine groups is 1. The molecule has 3 heterocycles. The minimum atomic E-state index is -4.54. The van der Waals surface area contributed by atoms with Crippen molar-refractivity contribution < 1.29 is 18.0 Å². The number of carbonyl (C=O) groups excluding carboxylic acids is 1. The molecule has 1 saturated heterocycles. The maximum absolute atomic E-state index is 13.2. The molecule has 3 unspecified atom stereocenters. The first-order chi connectivity index (χ1) is 15.9. The molecule has 7 nitrogen and oxygen atoms in total. The molecule has 3 aliphatic heterocycles. The Bertz CT molecular complexity index is 1090. The number of thioether (sulfide) groups is 1. The van der Waals surface area contributed by atoms with E-state index in [4.69, 9.17) is 0 Å². The first-order valence-corrected chi connectivity index (χ1v) is 11.4. The fraction of sp³-hybridized carbons (Fsp3) is 0.273. The molecule has 0 saturated carbocycles. The largest absolute Gasteiger partial charge is 0.418 e. The van der Waals surface area contributed by atoms with E-state index in [0.717, 1.165) is 12.5 Å². The third-order valence-corrected chi connectivity index (χ3v) is 6.71. The van der Waals surface area contributed by atoms with Gasteiger partial charge in [-0.1, -0.05) is 54.2 Å². The maximum atomic E-state index is 13.2. The number of amides is 1. The van der Waals surface area contributed by atoms with Gasteiger partial charge in [-0.15, -0.1) is 0 Å². The first-order valence-electron chi connectivity index (χ1n) is 10.4. The van der Waals surface area contributed by atoms with Crippen LogP contribution in [0.2, 0.25) is 0 Å². The Morgan fingerprint density at radius 1 is 1.12 bits per heavy atom. The number of nitrogens with zero attached hydrogens (tertiary/aromatic N) is 3. The molecule has 5 rings (SSSR count). The molecule has 3 N–H and O–H groups in total. The summed E-state index contributed by atoms with van der Waals surface area (Å²) in [6, 6.07) is 15.4. The lowest BCUT2D eigenvalue weighted by Crippen LogP contribution is -2.54. The van der Waals surface area contributed by atoms with Gasteiger partial charge in [0, 0.05) is 12.4 Å². The second-order valence-corrected chi connectivity index (χ2v) is 8.80. The van der Waals surface area contributed by atoms with E-state index < -0.39 is 17.6 Å². The average molecular weight is 475 g/mol. The summed E-state index contributed by atoms with van der Waals surface area (Å²) in [6.07, 6.45) is 0.0378. The molecule has 1 amide bonds. The number of halogens is 3. The summed E-state index contributed by atoms with van der Waals surface area (Å²) in [6.45, 7) is 0. The molecule has 0 radical (unpaired) electrons. The topological polar surface area (TPSA) is 72.0 Å². The van der Waals surface area contributed by atoms with E-state index in [-0.39, 0.29) is 29.7 Å². The van der Waals surface area contributed by atoms with Crippen LogP contribution in [0.1, 0.15) is 23.6 Å². The van der Waals surface area contributed by atoms with Gasteiger partial charge in [-0.3, -0.25) is 10.2 Å². The third kappa shape index (κ3) is 4.38. The molecular weight excluding hydrogens is 453 g/mol. The lowest BCUT2D eigenvalue weighted by molar-refractivity contribution is -0.137. The van der Waals surface area contributed by atoms with Crippen molar-refractivity contribution in [2.24, 2.45) is 5.10 Å². The Morgan fingerprint density at radius 2 is 1.88 bits per heavy atom. The summed E-state index contributed by atoms with van der Waals surface area (Å²) in [7, 11) is 0. The Balaban J connectivity index is 1.19. The van der Waals surface area contributed by atoms with Crippen molar-refractivity contribution in [2.75, 3.05) is 11.1 Å². The van der Waals surface area contributed by atoms with Crippen molar-refractivity contribution >= 4 is 28.5 Å². The van der Waals surface area contributed by atoms with Crippen LogP contribution in [0.15, 0.2) is 72.1 Å². The number of benzene rings is 2. The normalized spacial score (nSPS) is 23.6. The smallest absolute Gasteiger partial charge is 0.325 e. The van der Waals surface area contributed by atoms with Gasteiger partial charge in [0.1, 0.15) is 6.17 Å². The zero-order chi connectivity index (χ0) is 23.0. The van der Waals surface area contributed by atoms with Crippen LogP contribution in [0.5, 0.6) is 0 Å². The predicted octanol–water partition coefficient (Wildman–Crippen LogP) is 3.68. The fourth-order valence-corrected chi connectivity index (χ4v) is 4.98.